The van der Waals surface area contributed by atoms with Gasteiger partial charge in [0.05, 0.1) is 5.69 Å². The average Bonchev–Trinajstić information content (AvgIpc) is 2.26. The SMILES string of the molecule is CC(c1cc(F)cc(Cl)c1)c1cc(Br)ncn1. The van der Waals surface area contributed by atoms with Crippen molar-refractivity contribution in [3.63, 3.8) is 0 Å². The van der Waals surface area contributed by atoms with Gasteiger partial charge in [-0.05, 0) is 45.8 Å². The molecule has 17 heavy (non-hydrogen) atoms. The van der Waals surface area contributed by atoms with Crippen molar-refractivity contribution in [2.24, 2.45) is 0 Å². The number of aromatic nitrogens is 2. The summed E-state index contributed by atoms with van der Waals surface area (Å²) in [5, 5.41) is 0.389. The van der Waals surface area contributed by atoms with Gasteiger partial charge in [0.1, 0.15) is 16.7 Å². The molecule has 1 atom stereocenters. The maximum Gasteiger partial charge on any atom is 0.124 e. The van der Waals surface area contributed by atoms with Gasteiger partial charge in [-0.2, -0.15) is 0 Å². The minimum Gasteiger partial charge on any atom is -0.241 e. The normalized spacial score (nSPS) is 12.5. The molecule has 1 aromatic heterocycles. The molecule has 1 aromatic carbocycles. The van der Waals surface area contributed by atoms with Crippen molar-refractivity contribution in [3.8, 4) is 0 Å². The summed E-state index contributed by atoms with van der Waals surface area (Å²) in [6.45, 7) is 1.94. The van der Waals surface area contributed by atoms with E-state index in [0.717, 1.165) is 11.3 Å². The molecule has 1 unspecified atom stereocenters. The van der Waals surface area contributed by atoms with Gasteiger partial charge in [0.25, 0.3) is 0 Å². The van der Waals surface area contributed by atoms with E-state index < -0.39 is 0 Å². The number of halogens is 3. The van der Waals surface area contributed by atoms with Crippen LogP contribution >= 0.6 is 27.5 Å². The monoisotopic (exact) mass is 314 g/mol. The van der Waals surface area contributed by atoms with E-state index in [9.17, 15) is 4.39 Å². The molecule has 0 N–H and O–H groups in total. The summed E-state index contributed by atoms with van der Waals surface area (Å²) in [6.07, 6.45) is 1.47. The number of benzene rings is 1. The molecule has 0 fully saturated rings. The fourth-order valence-corrected chi connectivity index (χ4v) is 2.14. The van der Waals surface area contributed by atoms with Gasteiger partial charge >= 0.3 is 0 Å². The van der Waals surface area contributed by atoms with E-state index in [1.165, 1.54) is 18.5 Å². The molecule has 0 bridgehead atoms. The van der Waals surface area contributed by atoms with Gasteiger partial charge in [-0.3, -0.25) is 0 Å². The quantitative estimate of drug-likeness (QED) is 0.777. The first-order valence-corrected chi connectivity index (χ1v) is 6.17. The lowest BCUT2D eigenvalue weighted by Gasteiger charge is -2.11. The predicted molar refractivity (Wildman–Crippen MR) is 68.7 cm³/mol. The third-order valence-corrected chi connectivity index (χ3v) is 3.14. The standard InChI is InChI=1S/C12H9BrClFN2/c1-7(11-5-12(13)17-6-16-11)8-2-9(14)4-10(15)3-8/h2-7H,1H3. The molecule has 2 aromatic rings. The molecule has 2 nitrogen and oxygen atoms in total. The molecule has 1 heterocycles. The molecule has 5 heteroatoms. The highest BCUT2D eigenvalue weighted by Crippen LogP contribution is 2.26. The van der Waals surface area contributed by atoms with Gasteiger partial charge in [0.2, 0.25) is 0 Å². The lowest BCUT2D eigenvalue weighted by molar-refractivity contribution is 0.624. The van der Waals surface area contributed by atoms with Crippen LogP contribution in [0.2, 0.25) is 5.02 Å². The third-order valence-electron chi connectivity index (χ3n) is 2.48. The van der Waals surface area contributed by atoms with Gasteiger partial charge < -0.3 is 0 Å². The lowest BCUT2D eigenvalue weighted by Crippen LogP contribution is -2.00. The Balaban J connectivity index is 2.39. The second kappa shape index (κ2) is 5.10. The van der Waals surface area contributed by atoms with Crippen molar-refractivity contribution >= 4 is 27.5 Å². The van der Waals surface area contributed by atoms with Gasteiger partial charge in [-0.25, -0.2) is 14.4 Å². The highest BCUT2D eigenvalue weighted by Gasteiger charge is 2.12. The lowest BCUT2D eigenvalue weighted by atomic mass is 9.97. The number of nitrogens with zero attached hydrogens (tertiary/aromatic N) is 2. The number of hydrogen-bond acceptors (Lipinski definition) is 2. The minimum absolute atomic E-state index is 0.0394. The molecule has 0 saturated heterocycles. The molecule has 0 saturated carbocycles. The molecule has 2 rings (SSSR count). The summed E-state index contributed by atoms with van der Waals surface area (Å²) < 4.78 is 14.0. The summed E-state index contributed by atoms with van der Waals surface area (Å²) in [4.78, 5) is 8.12. The number of rotatable bonds is 2. The van der Waals surface area contributed by atoms with Crippen LogP contribution < -0.4 is 0 Å². The molecule has 88 valence electrons. The molecule has 0 aliphatic carbocycles. The van der Waals surface area contributed by atoms with E-state index in [-0.39, 0.29) is 11.7 Å². The summed E-state index contributed by atoms with van der Waals surface area (Å²) in [6, 6.07) is 6.30. The Hall–Kier alpha value is -1.00. The second-order valence-electron chi connectivity index (χ2n) is 3.69. The molecule has 0 amide bonds. The second-order valence-corrected chi connectivity index (χ2v) is 4.94. The summed E-state index contributed by atoms with van der Waals surface area (Å²) >= 11 is 9.11. The van der Waals surface area contributed by atoms with E-state index in [4.69, 9.17) is 11.6 Å². The van der Waals surface area contributed by atoms with Crippen LogP contribution in [0.15, 0.2) is 35.2 Å². The van der Waals surface area contributed by atoms with Crippen molar-refractivity contribution in [1.29, 1.82) is 0 Å². The van der Waals surface area contributed by atoms with Crippen molar-refractivity contribution in [3.05, 3.63) is 57.3 Å². The Morgan fingerprint density at radius 2 is 2.00 bits per heavy atom. The molecule has 0 spiro atoms. The Labute approximate surface area is 112 Å². The zero-order valence-electron chi connectivity index (χ0n) is 8.99. The summed E-state index contributed by atoms with van der Waals surface area (Å²) in [5.74, 6) is -0.380. The smallest absolute Gasteiger partial charge is 0.124 e. The molecule has 0 aliphatic heterocycles. The summed E-state index contributed by atoms with van der Waals surface area (Å²) in [7, 11) is 0. The Morgan fingerprint density at radius 1 is 1.24 bits per heavy atom. The first-order valence-electron chi connectivity index (χ1n) is 4.99. The highest BCUT2D eigenvalue weighted by atomic mass is 79.9. The number of hydrogen-bond donors (Lipinski definition) is 0. The van der Waals surface area contributed by atoms with Crippen molar-refractivity contribution in [1.82, 2.24) is 9.97 Å². The van der Waals surface area contributed by atoms with Crippen LogP contribution in [0, 0.1) is 5.82 Å². The van der Waals surface area contributed by atoms with Crippen LogP contribution in [0.1, 0.15) is 24.1 Å². The van der Waals surface area contributed by atoms with Crippen LogP contribution in [0.4, 0.5) is 4.39 Å². The van der Waals surface area contributed by atoms with Gasteiger partial charge in [-0.1, -0.05) is 18.5 Å². The van der Waals surface area contributed by atoms with Crippen LogP contribution in [0.5, 0.6) is 0 Å². The maximum absolute atomic E-state index is 13.3. The fourth-order valence-electron chi connectivity index (χ4n) is 1.58. The first kappa shape index (κ1) is 12.5. The summed E-state index contributed by atoms with van der Waals surface area (Å²) in [5.41, 5.74) is 1.61. The largest absolute Gasteiger partial charge is 0.241 e. The van der Waals surface area contributed by atoms with Crippen LogP contribution in [0.3, 0.4) is 0 Å². The van der Waals surface area contributed by atoms with Crippen molar-refractivity contribution < 1.29 is 4.39 Å². The van der Waals surface area contributed by atoms with Crippen LogP contribution in [0.25, 0.3) is 0 Å². The van der Waals surface area contributed by atoms with Crippen molar-refractivity contribution in [2.75, 3.05) is 0 Å². The zero-order valence-corrected chi connectivity index (χ0v) is 11.3. The predicted octanol–water partition coefficient (Wildman–Crippen LogP) is 4.18. The van der Waals surface area contributed by atoms with Crippen LogP contribution in [-0.4, -0.2) is 9.97 Å². The van der Waals surface area contributed by atoms with Gasteiger partial charge in [0, 0.05) is 10.9 Å². The molecule has 0 radical (unpaired) electrons. The first-order chi connectivity index (χ1) is 8.06. The Bertz CT molecular complexity index is 528. The topological polar surface area (TPSA) is 25.8 Å². The Kier molecular flexibility index (Phi) is 3.74. The average molecular weight is 316 g/mol. The van der Waals surface area contributed by atoms with Gasteiger partial charge in [-0.15, -0.1) is 0 Å². The fraction of sp³-hybridized carbons (Fsp3) is 0.167. The third kappa shape index (κ3) is 3.01. The van der Waals surface area contributed by atoms with Crippen LogP contribution in [-0.2, 0) is 0 Å². The van der Waals surface area contributed by atoms with E-state index in [0.29, 0.717) is 9.63 Å². The zero-order chi connectivity index (χ0) is 12.4. The minimum atomic E-state index is -0.340. The van der Waals surface area contributed by atoms with E-state index in [1.54, 1.807) is 6.07 Å². The van der Waals surface area contributed by atoms with E-state index >= 15 is 0 Å². The molecule has 0 aliphatic rings. The Morgan fingerprint density at radius 3 is 2.65 bits per heavy atom. The highest BCUT2D eigenvalue weighted by molar-refractivity contribution is 9.10. The van der Waals surface area contributed by atoms with E-state index in [1.807, 2.05) is 13.0 Å². The molecular weight excluding hydrogens is 307 g/mol. The maximum atomic E-state index is 13.3. The molecular formula is C12H9BrClFN2. The van der Waals surface area contributed by atoms with Crippen molar-refractivity contribution in [2.45, 2.75) is 12.8 Å². The van der Waals surface area contributed by atoms with Gasteiger partial charge in [0.15, 0.2) is 0 Å². The van der Waals surface area contributed by atoms with E-state index in [2.05, 4.69) is 25.9 Å².